The van der Waals surface area contributed by atoms with Crippen molar-refractivity contribution in [1.82, 2.24) is 4.57 Å². The molecular weight excluding hydrogens is 376 g/mol. The number of thiazole rings is 1. The van der Waals surface area contributed by atoms with Gasteiger partial charge in [0.1, 0.15) is 11.2 Å². The molecule has 0 bridgehead atoms. The Morgan fingerprint density at radius 3 is 2.52 bits per heavy atom. The van der Waals surface area contributed by atoms with E-state index in [9.17, 15) is 24.5 Å². The highest BCUT2D eigenvalue weighted by atomic mass is 32.1. The lowest BCUT2D eigenvalue weighted by Crippen LogP contribution is -2.34. The Morgan fingerprint density at radius 2 is 1.96 bits per heavy atom. The Morgan fingerprint density at radius 1 is 1.30 bits per heavy atom. The lowest BCUT2D eigenvalue weighted by molar-refractivity contribution is -0.384. The highest BCUT2D eigenvalue weighted by molar-refractivity contribution is 7.07. The molecule has 27 heavy (non-hydrogen) atoms. The molecule has 9 nitrogen and oxygen atoms in total. The number of methoxy groups -OCH3 is 1. The highest BCUT2D eigenvalue weighted by Gasteiger charge is 2.11. The van der Waals surface area contributed by atoms with E-state index in [4.69, 9.17) is 4.74 Å². The number of non-ortho nitro benzene ring substituents is 1. The van der Waals surface area contributed by atoms with Crippen LogP contribution >= 0.6 is 11.3 Å². The minimum atomic E-state index is -0.643. The van der Waals surface area contributed by atoms with Crippen LogP contribution < -0.4 is 14.8 Å². The number of ether oxygens (including phenoxy) is 2. The van der Waals surface area contributed by atoms with Gasteiger partial charge in [0.05, 0.1) is 29.2 Å². The normalized spacial score (nSPS) is 12.1. The van der Waals surface area contributed by atoms with E-state index in [-0.39, 0.29) is 28.0 Å². The molecule has 1 aromatic carbocycles. The van der Waals surface area contributed by atoms with Crippen molar-refractivity contribution in [2.24, 2.45) is 0 Å². The molecule has 142 valence electrons. The first-order chi connectivity index (χ1) is 12.8. The Balaban J connectivity index is 2.56. The predicted octanol–water partition coefficient (Wildman–Crippen LogP) is 0.163. The number of carbonyl (C=O) groups excluding carboxylic acids is 2. The number of esters is 2. The zero-order valence-corrected chi connectivity index (χ0v) is 15.4. The van der Waals surface area contributed by atoms with Gasteiger partial charge in [-0.25, -0.2) is 4.79 Å². The number of hydrogen-bond donors (Lipinski definition) is 0. The molecule has 0 saturated carbocycles. The summed E-state index contributed by atoms with van der Waals surface area (Å²) in [6.45, 7) is 1.46. The molecule has 1 aromatic heterocycles. The van der Waals surface area contributed by atoms with Gasteiger partial charge in [-0.2, -0.15) is 0 Å². The molecule has 0 aliphatic heterocycles. The van der Waals surface area contributed by atoms with Crippen LogP contribution in [0.5, 0.6) is 0 Å². The zero-order chi connectivity index (χ0) is 20.0. The smallest absolute Gasteiger partial charge is 0.333 e. The number of nitro groups is 1. The molecule has 10 heteroatoms. The maximum atomic E-state index is 12.6. The first-order valence-corrected chi connectivity index (χ1v) is 8.58. The summed E-state index contributed by atoms with van der Waals surface area (Å²) in [5.41, 5.74) is 0.00363. The quantitative estimate of drug-likeness (QED) is 0.390. The molecule has 0 N–H and O–H groups in total. The Bertz CT molecular complexity index is 1030. The van der Waals surface area contributed by atoms with Crippen molar-refractivity contribution in [2.45, 2.75) is 13.5 Å². The fourth-order valence-electron chi connectivity index (χ4n) is 2.11. The minimum Gasteiger partial charge on any atom is -0.468 e. The predicted molar refractivity (Wildman–Crippen MR) is 97.6 cm³/mol. The Kier molecular flexibility index (Phi) is 6.61. The highest BCUT2D eigenvalue weighted by Crippen LogP contribution is 2.12. The topological polar surface area (TPSA) is 118 Å². The molecule has 0 unspecified atom stereocenters. The second-order valence-corrected chi connectivity index (χ2v) is 6.22. The third kappa shape index (κ3) is 5.11. The van der Waals surface area contributed by atoms with Gasteiger partial charge >= 0.3 is 11.9 Å². The van der Waals surface area contributed by atoms with Crippen LogP contribution in [0.4, 0.5) is 5.69 Å². The lowest BCUT2D eigenvalue weighted by atomic mass is 10.2. The summed E-state index contributed by atoms with van der Waals surface area (Å²) >= 11 is 0.995. The third-order valence-corrected chi connectivity index (χ3v) is 4.44. The van der Waals surface area contributed by atoms with Gasteiger partial charge in [0.2, 0.25) is 0 Å². The second kappa shape index (κ2) is 8.90. The van der Waals surface area contributed by atoms with Gasteiger partial charge < -0.3 is 9.47 Å². The number of benzene rings is 1. The molecule has 0 atom stereocenters. The van der Waals surface area contributed by atoms with Crippen molar-refractivity contribution in [2.75, 3.05) is 13.7 Å². The number of rotatable bonds is 6. The van der Waals surface area contributed by atoms with Gasteiger partial charge in [-0.05, 0) is 30.7 Å². The molecule has 0 amide bonds. The molecule has 0 aliphatic rings. The molecule has 0 fully saturated rings. The van der Waals surface area contributed by atoms with E-state index in [1.165, 1.54) is 37.5 Å². The molecule has 2 rings (SSSR count). The maximum Gasteiger partial charge on any atom is 0.333 e. The Labute approximate surface area is 156 Å². The number of carbonyl (C=O) groups is 2. The van der Waals surface area contributed by atoms with Crippen molar-refractivity contribution >= 4 is 41.1 Å². The average Bonchev–Trinajstić information content (AvgIpc) is 2.91. The van der Waals surface area contributed by atoms with E-state index >= 15 is 0 Å². The number of nitro benzene ring substituents is 1. The fourth-order valence-corrected chi connectivity index (χ4v) is 3.15. The second-order valence-electron chi connectivity index (χ2n) is 5.16. The first kappa shape index (κ1) is 20.0. The van der Waals surface area contributed by atoms with E-state index in [1.54, 1.807) is 6.92 Å². The Hall–Kier alpha value is -3.27. The average molecular weight is 392 g/mol. The van der Waals surface area contributed by atoms with Crippen LogP contribution in [0.3, 0.4) is 0 Å². The minimum absolute atomic E-state index is 0.0715. The van der Waals surface area contributed by atoms with E-state index in [0.717, 1.165) is 22.0 Å². The summed E-state index contributed by atoms with van der Waals surface area (Å²) < 4.78 is 11.0. The fraction of sp³-hybridized carbons (Fsp3) is 0.235. The van der Waals surface area contributed by atoms with Gasteiger partial charge in [0, 0.05) is 12.1 Å². The van der Waals surface area contributed by atoms with Gasteiger partial charge in [-0.1, -0.05) is 0 Å². The summed E-state index contributed by atoms with van der Waals surface area (Å²) in [6.07, 6.45) is 2.65. The van der Waals surface area contributed by atoms with Crippen molar-refractivity contribution in [3.63, 3.8) is 0 Å². The van der Waals surface area contributed by atoms with Crippen LogP contribution in [0.15, 0.2) is 29.1 Å². The zero-order valence-electron chi connectivity index (χ0n) is 14.5. The first-order valence-electron chi connectivity index (χ1n) is 7.76. The van der Waals surface area contributed by atoms with Gasteiger partial charge in [-0.15, -0.1) is 11.3 Å². The monoisotopic (exact) mass is 392 g/mol. The van der Waals surface area contributed by atoms with Crippen LogP contribution in [0.1, 0.15) is 12.5 Å². The van der Waals surface area contributed by atoms with E-state index in [0.29, 0.717) is 5.56 Å². The number of hydrogen-bond acceptors (Lipinski definition) is 8. The summed E-state index contributed by atoms with van der Waals surface area (Å²) in [5, 5.41) is 10.7. The van der Waals surface area contributed by atoms with Gasteiger partial charge in [-0.3, -0.25) is 24.3 Å². The SMILES string of the molecule is CCOC(=O)/C=c1\s/c(=C\c2ccc([N+](=O)[O-])cc2)c(=O)n1CC(=O)OC. The summed E-state index contributed by atoms with van der Waals surface area (Å²) in [6, 6.07) is 5.63. The van der Waals surface area contributed by atoms with Crippen molar-refractivity contribution in [3.05, 3.63) is 59.5 Å². The summed E-state index contributed by atoms with van der Waals surface area (Å²) in [4.78, 5) is 46.1. The van der Waals surface area contributed by atoms with Crippen molar-refractivity contribution in [1.29, 1.82) is 0 Å². The lowest BCUT2D eigenvalue weighted by Gasteiger charge is -2.00. The van der Waals surface area contributed by atoms with Crippen molar-refractivity contribution in [3.8, 4) is 0 Å². The van der Waals surface area contributed by atoms with Gasteiger partial charge in [0.25, 0.3) is 11.2 Å². The van der Waals surface area contributed by atoms with Crippen LogP contribution in [0.2, 0.25) is 0 Å². The van der Waals surface area contributed by atoms with Crippen LogP contribution in [-0.4, -0.2) is 35.1 Å². The number of aromatic nitrogens is 1. The van der Waals surface area contributed by atoms with Crippen LogP contribution in [0.25, 0.3) is 12.2 Å². The molecular formula is C17H16N2O7S. The third-order valence-electron chi connectivity index (χ3n) is 3.38. The van der Waals surface area contributed by atoms with Crippen LogP contribution in [0, 0.1) is 10.1 Å². The summed E-state index contributed by atoms with van der Waals surface area (Å²) in [7, 11) is 1.19. The van der Waals surface area contributed by atoms with E-state index in [2.05, 4.69) is 4.74 Å². The largest absolute Gasteiger partial charge is 0.468 e. The maximum absolute atomic E-state index is 12.6. The molecule has 0 aliphatic carbocycles. The standard InChI is InChI=1S/C17H16N2O7S/c1-3-26-15(20)9-14-18(10-16(21)25-2)17(22)13(27-14)8-11-4-6-12(7-5-11)19(23)24/h4-9H,3,10H2,1-2H3/b13-8-,14-9-. The molecule has 0 spiro atoms. The summed E-state index contributed by atoms with van der Waals surface area (Å²) in [5.74, 6) is -1.28. The van der Waals surface area contributed by atoms with Crippen LogP contribution in [-0.2, 0) is 25.6 Å². The number of nitrogens with zero attached hydrogens (tertiary/aromatic N) is 2. The van der Waals surface area contributed by atoms with Gasteiger partial charge in [0.15, 0.2) is 0 Å². The van der Waals surface area contributed by atoms with E-state index in [1.807, 2.05) is 0 Å². The molecule has 0 saturated heterocycles. The molecule has 0 radical (unpaired) electrons. The molecule has 1 heterocycles. The molecule has 2 aromatic rings. The van der Waals surface area contributed by atoms with Crippen molar-refractivity contribution < 1.29 is 24.0 Å². The van der Waals surface area contributed by atoms with E-state index < -0.39 is 22.4 Å².